The summed E-state index contributed by atoms with van der Waals surface area (Å²) in [7, 11) is -1.02. The van der Waals surface area contributed by atoms with Gasteiger partial charge in [0.05, 0.1) is 25.7 Å². The number of ether oxygens (including phenoxy) is 1. The molecule has 0 heterocycles. The Bertz CT molecular complexity index is 204. The molecule has 0 spiro atoms. The number of carbonyl (C=O) groups excluding carboxylic acids is 1. The fourth-order valence-corrected chi connectivity index (χ4v) is 3.54. The van der Waals surface area contributed by atoms with Crippen molar-refractivity contribution in [2.45, 2.75) is 27.7 Å². The van der Waals surface area contributed by atoms with E-state index in [1.165, 1.54) is 0 Å². The molecule has 0 amide bonds. The minimum absolute atomic E-state index is 0. The molecule has 0 atom stereocenters. The standard InChI is InChI=1S/C11H22O2P.BrH/c1-6-14(7-2,8-3)9-13-11(12)10(4)5;/h4,6-9H2,1-3,5H3;1H/q+1;/p-1. The minimum Gasteiger partial charge on any atom is -1.00 e. The summed E-state index contributed by atoms with van der Waals surface area (Å²) in [5.74, 6) is -0.246. The van der Waals surface area contributed by atoms with Crippen LogP contribution in [0.2, 0.25) is 0 Å². The average molecular weight is 297 g/mol. The van der Waals surface area contributed by atoms with E-state index in [0.717, 1.165) is 18.5 Å². The zero-order chi connectivity index (χ0) is 11.2. The van der Waals surface area contributed by atoms with Crippen LogP contribution >= 0.6 is 7.26 Å². The van der Waals surface area contributed by atoms with Crippen LogP contribution < -0.4 is 17.0 Å². The maximum atomic E-state index is 11.2. The Morgan fingerprint density at radius 3 is 1.87 bits per heavy atom. The van der Waals surface area contributed by atoms with Gasteiger partial charge in [0.25, 0.3) is 0 Å². The first kappa shape index (κ1) is 17.5. The molecule has 0 aliphatic rings. The van der Waals surface area contributed by atoms with Crippen molar-refractivity contribution < 1.29 is 26.5 Å². The lowest BCUT2D eigenvalue weighted by atomic mass is 10.4. The van der Waals surface area contributed by atoms with Gasteiger partial charge in [-0.25, -0.2) is 4.79 Å². The van der Waals surface area contributed by atoms with Gasteiger partial charge in [-0.15, -0.1) is 0 Å². The van der Waals surface area contributed by atoms with Crippen molar-refractivity contribution >= 4 is 13.2 Å². The van der Waals surface area contributed by atoms with E-state index < -0.39 is 7.26 Å². The summed E-state index contributed by atoms with van der Waals surface area (Å²) < 4.78 is 5.25. The van der Waals surface area contributed by atoms with Gasteiger partial charge in [-0.05, 0) is 27.7 Å². The smallest absolute Gasteiger partial charge is 0.336 e. The highest BCUT2D eigenvalue weighted by Crippen LogP contribution is 2.57. The summed E-state index contributed by atoms with van der Waals surface area (Å²) in [6, 6.07) is 0. The van der Waals surface area contributed by atoms with Crippen molar-refractivity contribution in [1.29, 1.82) is 0 Å². The Labute approximate surface area is 105 Å². The summed E-state index contributed by atoms with van der Waals surface area (Å²) in [6.07, 6.45) is 4.10. The quantitative estimate of drug-likeness (QED) is 0.396. The summed E-state index contributed by atoms with van der Waals surface area (Å²) in [4.78, 5) is 11.2. The molecule has 0 aromatic heterocycles. The number of hydrogen-bond donors (Lipinski definition) is 0. The molecule has 0 radical (unpaired) electrons. The van der Waals surface area contributed by atoms with Gasteiger partial charge in [0, 0.05) is 5.57 Å². The third kappa shape index (κ3) is 5.67. The second-order valence-corrected chi connectivity index (χ2v) is 8.47. The van der Waals surface area contributed by atoms with Crippen molar-refractivity contribution in [3.8, 4) is 0 Å². The average Bonchev–Trinajstić information content (AvgIpc) is 2.20. The zero-order valence-electron chi connectivity index (χ0n) is 10.2. The first-order valence-electron chi connectivity index (χ1n) is 5.19. The molecule has 15 heavy (non-hydrogen) atoms. The van der Waals surface area contributed by atoms with Crippen molar-refractivity contribution in [3.05, 3.63) is 12.2 Å². The van der Waals surface area contributed by atoms with Gasteiger partial charge in [0.1, 0.15) is 0 Å². The molecule has 0 rings (SSSR count). The van der Waals surface area contributed by atoms with Crippen LogP contribution in [0.15, 0.2) is 12.2 Å². The Kier molecular flexibility index (Phi) is 9.68. The molecule has 0 aromatic rings. The highest BCUT2D eigenvalue weighted by atomic mass is 79.9. The SMILES string of the molecule is C=C(C)C(=O)OC[P+](CC)(CC)CC.[Br-]. The van der Waals surface area contributed by atoms with E-state index in [0.29, 0.717) is 11.9 Å². The lowest BCUT2D eigenvalue weighted by Gasteiger charge is -2.22. The molecule has 0 bridgehead atoms. The van der Waals surface area contributed by atoms with Crippen LogP contribution in [0.25, 0.3) is 0 Å². The Balaban J connectivity index is 0. The van der Waals surface area contributed by atoms with E-state index in [-0.39, 0.29) is 23.0 Å². The Morgan fingerprint density at radius 2 is 1.60 bits per heavy atom. The zero-order valence-corrected chi connectivity index (χ0v) is 12.7. The largest absolute Gasteiger partial charge is 1.00 e. The van der Waals surface area contributed by atoms with Crippen molar-refractivity contribution in [2.75, 3.05) is 24.8 Å². The van der Waals surface area contributed by atoms with Crippen LogP contribution in [0, 0.1) is 0 Å². The minimum atomic E-state index is -1.02. The maximum absolute atomic E-state index is 11.2. The first-order chi connectivity index (χ1) is 6.51. The highest BCUT2D eigenvalue weighted by molar-refractivity contribution is 7.75. The van der Waals surface area contributed by atoms with E-state index >= 15 is 0 Å². The van der Waals surface area contributed by atoms with Crippen LogP contribution in [0.3, 0.4) is 0 Å². The maximum Gasteiger partial charge on any atom is 0.336 e. The molecule has 4 heteroatoms. The predicted octanol–water partition coefficient (Wildman–Crippen LogP) is 0.145. The summed E-state index contributed by atoms with van der Waals surface area (Å²) in [6.45, 7) is 11.8. The third-order valence-electron chi connectivity index (χ3n) is 2.83. The molecule has 0 aliphatic carbocycles. The van der Waals surface area contributed by atoms with E-state index in [9.17, 15) is 4.79 Å². The Hall–Kier alpha value is 0.120. The lowest BCUT2D eigenvalue weighted by Crippen LogP contribution is -3.00. The number of hydrogen-bond acceptors (Lipinski definition) is 2. The molecular weight excluding hydrogens is 275 g/mol. The highest BCUT2D eigenvalue weighted by Gasteiger charge is 2.32. The molecule has 0 fully saturated rings. The van der Waals surface area contributed by atoms with Gasteiger partial charge in [-0.2, -0.15) is 0 Å². The normalized spacial score (nSPS) is 10.4. The van der Waals surface area contributed by atoms with Gasteiger partial charge < -0.3 is 21.7 Å². The number of carbonyl (C=O) groups is 1. The summed E-state index contributed by atoms with van der Waals surface area (Å²) in [5, 5.41) is 0. The van der Waals surface area contributed by atoms with Crippen molar-refractivity contribution in [1.82, 2.24) is 0 Å². The van der Waals surface area contributed by atoms with E-state index in [1.807, 2.05) is 0 Å². The number of rotatable bonds is 6. The molecule has 0 saturated heterocycles. The number of halogens is 1. The van der Waals surface area contributed by atoms with Gasteiger partial charge in [0.15, 0.2) is 6.35 Å². The molecule has 0 aliphatic heterocycles. The van der Waals surface area contributed by atoms with Gasteiger partial charge in [-0.1, -0.05) is 6.58 Å². The topological polar surface area (TPSA) is 26.3 Å². The van der Waals surface area contributed by atoms with Crippen LogP contribution in [0.1, 0.15) is 27.7 Å². The molecule has 0 saturated carbocycles. The van der Waals surface area contributed by atoms with Gasteiger partial charge in [0.2, 0.25) is 0 Å². The van der Waals surface area contributed by atoms with Gasteiger partial charge >= 0.3 is 5.97 Å². The van der Waals surface area contributed by atoms with Crippen LogP contribution in [-0.2, 0) is 9.53 Å². The van der Waals surface area contributed by atoms with E-state index in [1.54, 1.807) is 6.92 Å². The van der Waals surface area contributed by atoms with E-state index in [4.69, 9.17) is 4.74 Å². The third-order valence-corrected chi connectivity index (χ3v) is 7.53. The second-order valence-electron chi connectivity index (χ2n) is 3.63. The lowest BCUT2D eigenvalue weighted by molar-refractivity contribution is -0.136. The fourth-order valence-electron chi connectivity index (χ4n) is 1.26. The van der Waals surface area contributed by atoms with Crippen LogP contribution in [0.5, 0.6) is 0 Å². The van der Waals surface area contributed by atoms with Crippen LogP contribution in [0.4, 0.5) is 0 Å². The van der Waals surface area contributed by atoms with Gasteiger partial charge in [-0.3, -0.25) is 0 Å². The first-order valence-corrected chi connectivity index (χ1v) is 7.72. The molecule has 90 valence electrons. The Morgan fingerprint density at radius 1 is 1.20 bits per heavy atom. The monoisotopic (exact) mass is 296 g/mol. The molecule has 0 N–H and O–H groups in total. The fraction of sp³-hybridized carbons (Fsp3) is 0.727. The molecular formula is C11H22BrO2P. The van der Waals surface area contributed by atoms with E-state index in [2.05, 4.69) is 27.4 Å². The summed E-state index contributed by atoms with van der Waals surface area (Å²) in [5.41, 5.74) is 0.492. The molecule has 2 nitrogen and oxygen atoms in total. The predicted molar refractivity (Wildman–Crippen MR) is 64.3 cm³/mol. The number of esters is 1. The van der Waals surface area contributed by atoms with Crippen molar-refractivity contribution in [2.24, 2.45) is 0 Å². The molecule has 0 aromatic carbocycles. The van der Waals surface area contributed by atoms with Crippen LogP contribution in [-0.4, -0.2) is 30.8 Å². The second kappa shape index (κ2) is 8.29. The summed E-state index contributed by atoms with van der Waals surface area (Å²) >= 11 is 0. The molecule has 0 unspecified atom stereocenters. The van der Waals surface area contributed by atoms with Crippen molar-refractivity contribution in [3.63, 3.8) is 0 Å².